The maximum Gasteiger partial charge on any atom is 0.284 e. The minimum Gasteiger partial charge on any atom is -0.293 e. The second-order valence-corrected chi connectivity index (χ2v) is 4.51. The van der Waals surface area contributed by atoms with E-state index in [1.807, 2.05) is 0 Å². The molecule has 2 heterocycles. The number of rotatable bonds is 1. The van der Waals surface area contributed by atoms with Crippen LogP contribution in [0.15, 0.2) is 16.7 Å². The monoisotopic (exact) mass is 302 g/mol. The molecular formula is C9H8BrClN4O. The number of nitrogens with two attached hydrogens (primary N) is 1. The fourth-order valence-electron chi connectivity index (χ4n) is 1.53. The van der Waals surface area contributed by atoms with Crippen molar-refractivity contribution in [1.82, 2.24) is 14.8 Å². The topological polar surface area (TPSA) is 72.4 Å². The second-order valence-electron chi connectivity index (χ2n) is 3.22. The van der Waals surface area contributed by atoms with E-state index in [4.69, 9.17) is 17.4 Å². The van der Waals surface area contributed by atoms with Crippen molar-refractivity contribution >= 4 is 39.1 Å². The van der Waals surface area contributed by atoms with E-state index in [0.29, 0.717) is 22.1 Å². The van der Waals surface area contributed by atoms with E-state index in [1.54, 1.807) is 23.6 Å². The molecule has 0 atom stereocenters. The zero-order valence-corrected chi connectivity index (χ0v) is 10.6. The Bertz CT molecular complexity index is 580. The van der Waals surface area contributed by atoms with Crippen LogP contribution in [0.25, 0.3) is 5.65 Å². The Morgan fingerprint density at radius 3 is 3.00 bits per heavy atom. The van der Waals surface area contributed by atoms with Crippen molar-refractivity contribution < 1.29 is 4.79 Å². The molecule has 3 N–H and O–H groups in total. The lowest BCUT2D eigenvalue weighted by molar-refractivity contribution is 0.0947. The Labute approximate surface area is 105 Å². The van der Waals surface area contributed by atoms with Gasteiger partial charge in [0, 0.05) is 6.20 Å². The second kappa shape index (κ2) is 4.04. The number of amides is 1. The van der Waals surface area contributed by atoms with Gasteiger partial charge < -0.3 is 0 Å². The van der Waals surface area contributed by atoms with E-state index >= 15 is 0 Å². The molecule has 84 valence electrons. The van der Waals surface area contributed by atoms with Gasteiger partial charge in [-0.2, -0.15) is 0 Å². The van der Waals surface area contributed by atoms with Crippen LogP contribution in [0.3, 0.4) is 0 Å². The number of halogens is 2. The van der Waals surface area contributed by atoms with Crippen molar-refractivity contribution in [2.24, 2.45) is 5.84 Å². The zero-order chi connectivity index (χ0) is 11.9. The van der Waals surface area contributed by atoms with Crippen molar-refractivity contribution in [3.63, 3.8) is 0 Å². The molecule has 0 unspecified atom stereocenters. The van der Waals surface area contributed by atoms with E-state index in [-0.39, 0.29) is 0 Å². The van der Waals surface area contributed by atoms with Gasteiger partial charge in [-0.05, 0) is 28.9 Å². The number of nitrogens with zero attached hydrogens (tertiary/aromatic N) is 2. The maximum atomic E-state index is 11.6. The van der Waals surface area contributed by atoms with Crippen molar-refractivity contribution in [2.45, 2.75) is 6.92 Å². The SMILES string of the molecule is Cc1nc2c(Br)cc(Cl)cn2c1C(=O)NN. The van der Waals surface area contributed by atoms with Crippen LogP contribution in [0.2, 0.25) is 5.02 Å². The van der Waals surface area contributed by atoms with Gasteiger partial charge in [0.1, 0.15) is 5.69 Å². The highest BCUT2D eigenvalue weighted by atomic mass is 79.9. The van der Waals surface area contributed by atoms with Gasteiger partial charge >= 0.3 is 0 Å². The summed E-state index contributed by atoms with van der Waals surface area (Å²) in [6.45, 7) is 1.73. The fourth-order valence-corrected chi connectivity index (χ4v) is 2.39. The molecule has 0 aliphatic heterocycles. The molecule has 16 heavy (non-hydrogen) atoms. The molecule has 7 heteroatoms. The number of fused-ring (bicyclic) bond motifs is 1. The van der Waals surface area contributed by atoms with Crippen LogP contribution in [0, 0.1) is 6.92 Å². The summed E-state index contributed by atoms with van der Waals surface area (Å²) in [6, 6.07) is 1.72. The quantitative estimate of drug-likeness (QED) is 0.478. The average Bonchev–Trinajstić information content (AvgIpc) is 2.54. The Balaban J connectivity index is 2.83. The summed E-state index contributed by atoms with van der Waals surface area (Å²) < 4.78 is 2.32. The van der Waals surface area contributed by atoms with Crippen LogP contribution in [0.5, 0.6) is 0 Å². The number of pyridine rings is 1. The van der Waals surface area contributed by atoms with E-state index in [0.717, 1.165) is 4.47 Å². The largest absolute Gasteiger partial charge is 0.293 e. The number of carbonyl (C=O) groups excluding carboxylic acids is 1. The summed E-state index contributed by atoms with van der Waals surface area (Å²) in [5.74, 6) is 4.71. The highest BCUT2D eigenvalue weighted by molar-refractivity contribution is 9.10. The average molecular weight is 304 g/mol. The molecule has 0 aromatic carbocycles. The van der Waals surface area contributed by atoms with Crippen LogP contribution in [-0.4, -0.2) is 15.3 Å². The predicted molar refractivity (Wildman–Crippen MR) is 64.3 cm³/mol. The minimum absolute atomic E-state index is 0.376. The van der Waals surface area contributed by atoms with E-state index in [9.17, 15) is 4.79 Å². The number of hydrazine groups is 1. The normalized spacial score (nSPS) is 10.8. The number of nitrogen functional groups attached to an aromatic ring is 1. The van der Waals surface area contributed by atoms with Gasteiger partial charge in [-0.15, -0.1) is 0 Å². The van der Waals surface area contributed by atoms with Crippen LogP contribution in [0.4, 0.5) is 0 Å². The molecule has 0 saturated carbocycles. The van der Waals surface area contributed by atoms with Gasteiger partial charge in [-0.1, -0.05) is 11.6 Å². The number of nitrogens with one attached hydrogen (secondary N) is 1. The van der Waals surface area contributed by atoms with Crippen LogP contribution in [0.1, 0.15) is 16.2 Å². The summed E-state index contributed by atoms with van der Waals surface area (Å²) in [6.07, 6.45) is 1.62. The molecule has 0 fully saturated rings. The lowest BCUT2D eigenvalue weighted by Crippen LogP contribution is -2.31. The van der Waals surface area contributed by atoms with Gasteiger partial charge in [-0.3, -0.25) is 14.6 Å². The third-order valence-corrected chi connectivity index (χ3v) is 2.95. The van der Waals surface area contributed by atoms with Crippen molar-refractivity contribution in [3.05, 3.63) is 33.1 Å². The van der Waals surface area contributed by atoms with Gasteiger partial charge in [0.2, 0.25) is 0 Å². The molecule has 0 radical (unpaired) electrons. The first-order valence-electron chi connectivity index (χ1n) is 4.39. The molecule has 0 spiro atoms. The van der Waals surface area contributed by atoms with Gasteiger partial charge in [0.05, 0.1) is 15.2 Å². The first-order chi connectivity index (χ1) is 7.54. The minimum atomic E-state index is -0.404. The first-order valence-corrected chi connectivity index (χ1v) is 5.56. The molecular weight excluding hydrogens is 295 g/mol. The summed E-state index contributed by atoms with van der Waals surface area (Å²) in [4.78, 5) is 15.8. The molecule has 5 nitrogen and oxygen atoms in total. The summed E-state index contributed by atoms with van der Waals surface area (Å²) in [5.41, 5.74) is 3.67. The number of aromatic nitrogens is 2. The number of hydrogen-bond acceptors (Lipinski definition) is 3. The number of imidazole rings is 1. The first kappa shape index (κ1) is 11.4. The molecule has 0 aliphatic carbocycles. The zero-order valence-electron chi connectivity index (χ0n) is 8.29. The van der Waals surface area contributed by atoms with Gasteiger partial charge in [0.25, 0.3) is 5.91 Å². The molecule has 0 saturated heterocycles. The van der Waals surface area contributed by atoms with Crippen molar-refractivity contribution in [3.8, 4) is 0 Å². The smallest absolute Gasteiger partial charge is 0.284 e. The van der Waals surface area contributed by atoms with E-state index in [1.165, 1.54) is 0 Å². The third kappa shape index (κ3) is 1.68. The molecule has 2 aromatic rings. The molecule has 2 rings (SSSR count). The van der Waals surface area contributed by atoms with Gasteiger partial charge in [0.15, 0.2) is 5.65 Å². The number of hydrogen-bond donors (Lipinski definition) is 2. The third-order valence-electron chi connectivity index (χ3n) is 2.16. The summed E-state index contributed by atoms with van der Waals surface area (Å²) >= 11 is 9.25. The van der Waals surface area contributed by atoms with Crippen LogP contribution < -0.4 is 11.3 Å². The summed E-state index contributed by atoms with van der Waals surface area (Å²) in [5, 5.41) is 0.503. The van der Waals surface area contributed by atoms with Crippen molar-refractivity contribution in [2.75, 3.05) is 0 Å². The van der Waals surface area contributed by atoms with Crippen LogP contribution >= 0.6 is 27.5 Å². The molecule has 2 aromatic heterocycles. The van der Waals surface area contributed by atoms with Crippen LogP contribution in [-0.2, 0) is 0 Å². The predicted octanol–water partition coefficient (Wildman–Crippen LogP) is 1.66. The lowest BCUT2D eigenvalue weighted by Gasteiger charge is -2.02. The Hall–Kier alpha value is -1.11. The Kier molecular flexibility index (Phi) is 2.88. The maximum absolute atomic E-state index is 11.6. The van der Waals surface area contributed by atoms with Crippen molar-refractivity contribution in [1.29, 1.82) is 0 Å². The highest BCUT2D eigenvalue weighted by Gasteiger charge is 2.17. The number of carbonyl (C=O) groups is 1. The Morgan fingerprint density at radius 1 is 1.69 bits per heavy atom. The fraction of sp³-hybridized carbons (Fsp3) is 0.111. The number of aryl methyl sites for hydroxylation is 1. The standard InChI is InChI=1S/C9H8BrClN4O/c1-4-7(9(16)14-12)15-3-5(11)2-6(10)8(15)13-4/h2-3H,12H2,1H3,(H,14,16). The molecule has 1 amide bonds. The van der Waals surface area contributed by atoms with E-state index < -0.39 is 5.91 Å². The lowest BCUT2D eigenvalue weighted by atomic mass is 10.3. The highest BCUT2D eigenvalue weighted by Crippen LogP contribution is 2.24. The summed E-state index contributed by atoms with van der Waals surface area (Å²) in [7, 11) is 0. The molecule has 0 bridgehead atoms. The van der Waals surface area contributed by atoms with Gasteiger partial charge in [-0.25, -0.2) is 10.8 Å². The van der Waals surface area contributed by atoms with E-state index in [2.05, 4.69) is 26.3 Å². The Morgan fingerprint density at radius 2 is 2.38 bits per heavy atom. The molecule has 0 aliphatic rings.